The highest BCUT2D eigenvalue weighted by atomic mass is 16.5. The predicted molar refractivity (Wildman–Crippen MR) is 108 cm³/mol. The first-order valence-corrected chi connectivity index (χ1v) is 9.70. The van der Waals surface area contributed by atoms with Gasteiger partial charge in [-0.3, -0.25) is 14.5 Å². The minimum Gasteiger partial charge on any atom is -0.342 e. The molecule has 1 saturated heterocycles. The summed E-state index contributed by atoms with van der Waals surface area (Å²) in [5.41, 5.74) is -1.85. The normalized spacial score (nSPS) is 19.7. The van der Waals surface area contributed by atoms with E-state index in [1.54, 1.807) is 45.0 Å². The van der Waals surface area contributed by atoms with Crippen LogP contribution >= 0.6 is 0 Å². The van der Waals surface area contributed by atoms with Gasteiger partial charge < -0.3 is 15.2 Å². The van der Waals surface area contributed by atoms with Crippen molar-refractivity contribution in [1.82, 2.24) is 25.7 Å². The second-order valence-corrected chi connectivity index (χ2v) is 9.16. The molecule has 0 aliphatic carbocycles. The summed E-state index contributed by atoms with van der Waals surface area (Å²) in [4.78, 5) is 43.3. The Morgan fingerprint density at radius 2 is 1.80 bits per heavy atom. The van der Waals surface area contributed by atoms with Crippen LogP contribution in [0, 0.1) is 0 Å². The van der Waals surface area contributed by atoms with E-state index in [2.05, 4.69) is 20.8 Å². The Labute approximate surface area is 175 Å². The van der Waals surface area contributed by atoms with Gasteiger partial charge in [-0.15, -0.1) is 0 Å². The van der Waals surface area contributed by atoms with Crippen LogP contribution in [0.4, 0.5) is 4.79 Å². The van der Waals surface area contributed by atoms with E-state index in [1.807, 2.05) is 26.8 Å². The van der Waals surface area contributed by atoms with Gasteiger partial charge in [-0.25, -0.2) is 4.79 Å². The number of hydrogen-bond acceptors (Lipinski definition) is 6. The van der Waals surface area contributed by atoms with Crippen molar-refractivity contribution in [3.8, 4) is 0 Å². The number of carbonyl (C=O) groups is 3. The number of imide groups is 1. The van der Waals surface area contributed by atoms with Crippen LogP contribution in [-0.4, -0.2) is 39.4 Å². The molecule has 0 spiro atoms. The highest BCUT2D eigenvalue weighted by molar-refractivity contribution is 6.09. The Hall–Kier alpha value is -3.23. The summed E-state index contributed by atoms with van der Waals surface area (Å²) >= 11 is 0. The van der Waals surface area contributed by atoms with Gasteiger partial charge in [-0.1, -0.05) is 56.3 Å². The smallest absolute Gasteiger partial charge is 0.325 e. The third kappa shape index (κ3) is 3.92. The van der Waals surface area contributed by atoms with Crippen molar-refractivity contribution >= 4 is 17.8 Å². The molecule has 1 aromatic carbocycles. The molecular weight excluding hydrogens is 386 g/mol. The van der Waals surface area contributed by atoms with E-state index in [1.165, 1.54) is 0 Å². The molecule has 9 nitrogen and oxygen atoms in total. The molecule has 1 aliphatic rings. The van der Waals surface area contributed by atoms with Gasteiger partial charge in [0.25, 0.3) is 5.91 Å². The fourth-order valence-corrected chi connectivity index (χ4v) is 3.18. The zero-order chi connectivity index (χ0) is 22.3. The van der Waals surface area contributed by atoms with E-state index >= 15 is 0 Å². The van der Waals surface area contributed by atoms with Crippen molar-refractivity contribution in [1.29, 1.82) is 0 Å². The Morgan fingerprint density at radius 3 is 2.37 bits per heavy atom. The molecule has 3 rings (SSSR count). The van der Waals surface area contributed by atoms with E-state index in [0.717, 1.165) is 4.90 Å². The summed E-state index contributed by atoms with van der Waals surface area (Å²) in [5.74, 6) is -0.233. The van der Waals surface area contributed by atoms with Crippen LogP contribution in [0.5, 0.6) is 0 Å². The van der Waals surface area contributed by atoms with Crippen LogP contribution in [0.1, 0.15) is 58.8 Å². The predicted octanol–water partition coefficient (Wildman–Crippen LogP) is 2.19. The van der Waals surface area contributed by atoms with E-state index in [4.69, 9.17) is 4.52 Å². The maximum absolute atomic E-state index is 12.9. The van der Waals surface area contributed by atoms with Gasteiger partial charge >= 0.3 is 6.03 Å². The minimum absolute atomic E-state index is 0.312. The lowest BCUT2D eigenvalue weighted by atomic mass is 9.92. The second kappa shape index (κ2) is 7.23. The SMILES string of the molecule is CC(C)(C)c1nc(C(C)(C)NC(=O)CN2C(=O)NC(C)(c3ccccc3)C2=O)no1. The average Bonchev–Trinajstić information content (AvgIpc) is 3.24. The summed E-state index contributed by atoms with van der Waals surface area (Å²) in [7, 11) is 0. The molecule has 1 atom stereocenters. The van der Waals surface area contributed by atoms with Gasteiger partial charge in [-0.05, 0) is 26.3 Å². The molecule has 2 N–H and O–H groups in total. The first-order chi connectivity index (χ1) is 13.8. The Kier molecular flexibility index (Phi) is 5.17. The molecule has 0 radical (unpaired) electrons. The molecule has 160 valence electrons. The first-order valence-electron chi connectivity index (χ1n) is 9.70. The number of rotatable bonds is 5. The van der Waals surface area contributed by atoms with Crippen molar-refractivity contribution in [2.75, 3.05) is 6.54 Å². The largest absolute Gasteiger partial charge is 0.342 e. The van der Waals surface area contributed by atoms with Crippen LogP contribution < -0.4 is 10.6 Å². The number of hydrogen-bond donors (Lipinski definition) is 2. The zero-order valence-electron chi connectivity index (χ0n) is 18.1. The van der Waals surface area contributed by atoms with Crippen LogP contribution in [-0.2, 0) is 26.1 Å². The lowest BCUT2D eigenvalue weighted by molar-refractivity contribution is -0.135. The van der Waals surface area contributed by atoms with Crippen LogP contribution in [0.15, 0.2) is 34.9 Å². The molecule has 1 aromatic heterocycles. The summed E-state index contributed by atoms with van der Waals surface area (Å²) in [6.45, 7) is 10.5. The van der Waals surface area contributed by atoms with Crippen LogP contribution in [0.25, 0.3) is 0 Å². The Balaban J connectivity index is 1.72. The third-order valence-corrected chi connectivity index (χ3v) is 5.01. The van der Waals surface area contributed by atoms with Gasteiger partial charge in [0, 0.05) is 5.41 Å². The number of amides is 4. The fraction of sp³-hybridized carbons (Fsp3) is 0.476. The number of benzene rings is 1. The second-order valence-electron chi connectivity index (χ2n) is 9.16. The summed E-state index contributed by atoms with van der Waals surface area (Å²) in [6, 6.07) is 8.30. The summed E-state index contributed by atoms with van der Waals surface area (Å²) < 4.78 is 5.30. The Morgan fingerprint density at radius 1 is 1.17 bits per heavy atom. The van der Waals surface area contributed by atoms with Crippen molar-refractivity contribution in [2.24, 2.45) is 0 Å². The highest BCUT2D eigenvalue weighted by Crippen LogP contribution is 2.29. The topological polar surface area (TPSA) is 117 Å². The molecule has 0 bridgehead atoms. The molecule has 0 saturated carbocycles. The maximum atomic E-state index is 12.9. The molecule has 30 heavy (non-hydrogen) atoms. The molecule has 1 unspecified atom stereocenters. The lowest BCUT2D eigenvalue weighted by Gasteiger charge is -2.24. The summed E-state index contributed by atoms with van der Waals surface area (Å²) in [6.07, 6.45) is 0. The van der Waals surface area contributed by atoms with Gasteiger partial charge in [0.1, 0.15) is 12.1 Å². The molecule has 4 amide bonds. The number of carbonyl (C=O) groups excluding carboxylic acids is 3. The molecule has 2 heterocycles. The van der Waals surface area contributed by atoms with Gasteiger partial charge in [0.05, 0.1) is 5.54 Å². The molecule has 9 heteroatoms. The highest BCUT2D eigenvalue weighted by Gasteiger charge is 2.49. The number of aromatic nitrogens is 2. The van der Waals surface area contributed by atoms with E-state index in [0.29, 0.717) is 17.3 Å². The van der Waals surface area contributed by atoms with Gasteiger partial charge in [0.2, 0.25) is 11.8 Å². The maximum Gasteiger partial charge on any atom is 0.325 e. The van der Waals surface area contributed by atoms with Crippen molar-refractivity contribution in [3.05, 3.63) is 47.6 Å². The molecular formula is C21H27N5O4. The van der Waals surface area contributed by atoms with Gasteiger partial charge in [-0.2, -0.15) is 4.98 Å². The van der Waals surface area contributed by atoms with Gasteiger partial charge in [0.15, 0.2) is 5.82 Å². The van der Waals surface area contributed by atoms with Crippen LogP contribution in [0.3, 0.4) is 0 Å². The standard InChI is InChI=1S/C21H27N5O4/c1-19(2,3)16-22-15(25-30-16)20(4,5)23-14(27)12-26-17(28)21(6,24-18(26)29)13-10-8-7-9-11-13/h7-11H,12H2,1-6H3,(H,23,27)(H,24,29). The lowest BCUT2D eigenvalue weighted by Crippen LogP contribution is -2.48. The monoisotopic (exact) mass is 413 g/mol. The van der Waals surface area contributed by atoms with E-state index in [9.17, 15) is 14.4 Å². The number of nitrogens with one attached hydrogen (secondary N) is 2. The molecule has 2 aromatic rings. The molecule has 1 aliphatic heterocycles. The fourth-order valence-electron chi connectivity index (χ4n) is 3.18. The van der Waals surface area contributed by atoms with Crippen molar-refractivity contribution < 1.29 is 18.9 Å². The van der Waals surface area contributed by atoms with Crippen LogP contribution in [0.2, 0.25) is 0 Å². The molecule has 1 fully saturated rings. The minimum atomic E-state index is -1.22. The third-order valence-electron chi connectivity index (χ3n) is 5.01. The number of urea groups is 1. The Bertz CT molecular complexity index is 977. The number of nitrogens with zero attached hydrogens (tertiary/aromatic N) is 3. The zero-order valence-corrected chi connectivity index (χ0v) is 18.1. The first kappa shape index (κ1) is 21.5. The average molecular weight is 413 g/mol. The van der Waals surface area contributed by atoms with Crippen molar-refractivity contribution in [3.63, 3.8) is 0 Å². The quantitative estimate of drug-likeness (QED) is 0.726. The van der Waals surface area contributed by atoms with Crippen molar-refractivity contribution in [2.45, 2.75) is 58.0 Å². The summed E-state index contributed by atoms with van der Waals surface area (Å²) in [5, 5.41) is 9.43. The van der Waals surface area contributed by atoms with E-state index in [-0.39, 0.29) is 5.41 Å². The van der Waals surface area contributed by atoms with E-state index < -0.39 is 35.5 Å².